The van der Waals surface area contributed by atoms with Gasteiger partial charge >= 0.3 is 6.09 Å². The van der Waals surface area contributed by atoms with E-state index in [1.54, 1.807) is 0 Å². The van der Waals surface area contributed by atoms with Crippen LogP contribution in [0.5, 0.6) is 5.75 Å². The van der Waals surface area contributed by atoms with Gasteiger partial charge in [-0.2, -0.15) is 0 Å². The van der Waals surface area contributed by atoms with E-state index in [0.717, 1.165) is 38.3 Å². The molecule has 104 valence electrons. The van der Waals surface area contributed by atoms with Crippen LogP contribution in [0.4, 0.5) is 10.5 Å². The lowest BCUT2D eigenvalue weighted by molar-refractivity contribution is 0.210. The quantitative estimate of drug-likeness (QED) is 0.899. The molecule has 5 heteroatoms. The summed E-state index contributed by atoms with van der Waals surface area (Å²) in [5.41, 5.74) is 7.12. The van der Waals surface area contributed by atoms with Gasteiger partial charge in [0.25, 0.3) is 0 Å². The largest absolute Gasteiger partial charge is 0.410 e. The number of ether oxygens (including phenoxy) is 1. The molecule has 2 N–H and O–H groups in total. The number of carbonyl (C=O) groups is 1. The Kier molecular flexibility index (Phi) is 4.27. The number of nitrogens with two attached hydrogens (primary N) is 1. The topological polar surface area (TPSA) is 58.8 Å². The molecular weight excluding hydrogens is 242 g/mol. The normalized spacial score (nSPS) is 16.4. The third kappa shape index (κ3) is 3.38. The van der Waals surface area contributed by atoms with Gasteiger partial charge in [0.05, 0.1) is 0 Å². The van der Waals surface area contributed by atoms with Crippen LogP contribution >= 0.6 is 0 Å². The molecule has 5 nitrogen and oxygen atoms in total. The maximum Gasteiger partial charge on any atom is 0.409 e. The zero-order chi connectivity index (χ0) is 13.8. The second-order valence-corrected chi connectivity index (χ2v) is 4.79. The van der Waals surface area contributed by atoms with E-state index in [2.05, 4.69) is 16.7 Å². The number of piperazine rings is 1. The van der Waals surface area contributed by atoms with Gasteiger partial charge in [-0.1, -0.05) is 6.92 Å². The molecule has 0 aliphatic carbocycles. The molecule has 1 amide bonds. The van der Waals surface area contributed by atoms with Crippen molar-refractivity contribution in [1.82, 2.24) is 4.90 Å². The van der Waals surface area contributed by atoms with Gasteiger partial charge in [-0.3, -0.25) is 0 Å². The summed E-state index contributed by atoms with van der Waals surface area (Å²) >= 11 is 0. The maximum absolute atomic E-state index is 10.8. The number of hydrogen-bond donors (Lipinski definition) is 1. The number of benzene rings is 1. The second kappa shape index (κ2) is 5.93. The Labute approximate surface area is 113 Å². The fourth-order valence-electron chi connectivity index (χ4n) is 2.38. The van der Waals surface area contributed by atoms with E-state index in [1.165, 1.54) is 5.69 Å². The second-order valence-electron chi connectivity index (χ2n) is 4.79. The minimum atomic E-state index is -0.771. The predicted molar refractivity (Wildman–Crippen MR) is 75.7 cm³/mol. The first kappa shape index (κ1) is 13.7. The smallest absolute Gasteiger partial charge is 0.409 e. The molecule has 2 rings (SSSR count). The molecule has 0 aromatic heterocycles. The van der Waals surface area contributed by atoms with Crippen molar-refractivity contribution in [3.8, 4) is 5.75 Å². The van der Waals surface area contributed by atoms with Crippen LogP contribution in [0.3, 0.4) is 0 Å². The molecule has 0 saturated carbocycles. The molecule has 1 aliphatic rings. The molecule has 1 aromatic carbocycles. The number of aryl methyl sites for hydroxylation is 1. The number of likely N-dealkylation sites (N-methyl/N-ethyl adjacent to an activating group) is 1. The van der Waals surface area contributed by atoms with Crippen LogP contribution < -0.4 is 15.4 Å². The van der Waals surface area contributed by atoms with E-state index >= 15 is 0 Å². The molecule has 1 aliphatic heterocycles. The van der Waals surface area contributed by atoms with Gasteiger partial charge in [-0.15, -0.1) is 0 Å². The van der Waals surface area contributed by atoms with E-state index in [-0.39, 0.29) is 0 Å². The number of amides is 1. The van der Waals surface area contributed by atoms with Crippen molar-refractivity contribution in [3.63, 3.8) is 0 Å². The Balaban J connectivity index is 2.06. The van der Waals surface area contributed by atoms with Gasteiger partial charge in [0, 0.05) is 31.9 Å². The summed E-state index contributed by atoms with van der Waals surface area (Å²) < 4.78 is 4.93. The Hall–Kier alpha value is -1.75. The summed E-state index contributed by atoms with van der Waals surface area (Å²) in [7, 11) is 0. The highest BCUT2D eigenvalue weighted by atomic mass is 16.5. The van der Waals surface area contributed by atoms with Crippen molar-refractivity contribution >= 4 is 11.8 Å². The number of nitrogens with zero attached hydrogens (tertiary/aromatic N) is 2. The predicted octanol–water partition coefficient (Wildman–Crippen LogP) is 1.59. The highest BCUT2D eigenvalue weighted by Gasteiger charge is 2.16. The highest BCUT2D eigenvalue weighted by molar-refractivity contribution is 5.69. The van der Waals surface area contributed by atoms with Crippen molar-refractivity contribution in [1.29, 1.82) is 0 Å². The molecule has 19 heavy (non-hydrogen) atoms. The van der Waals surface area contributed by atoms with Crippen LogP contribution in [0.1, 0.15) is 12.5 Å². The van der Waals surface area contributed by atoms with Crippen LogP contribution in [0.15, 0.2) is 18.2 Å². The van der Waals surface area contributed by atoms with E-state index in [0.29, 0.717) is 5.75 Å². The van der Waals surface area contributed by atoms with Crippen LogP contribution in [0.2, 0.25) is 0 Å². The van der Waals surface area contributed by atoms with Crippen LogP contribution in [-0.2, 0) is 0 Å². The average molecular weight is 263 g/mol. The first-order chi connectivity index (χ1) is 9.10. The summed E-state index contributed by atoms with van der Waals surface area (Å²) in [4.78, 5) is 15.6. The van der Waals surface area contributed by atoms with Crippen LogP contribution in [0, 0.1) is 6.92 Å². The average Bonchev–Trinajstić information content (AvgIpc) is 2.41. The summed E-state index contributed by atoms with van der Waals surface area (Å²) in [6.45, 7) is 9.47. The molecule has 1 aromatic rings. The van der Waals surface area contributed by atoms with Crippen molar-refractivity contribution in [2.45, 2.75) is 13.8 Å². The van der Waals surface area contributed by atoms with Gasteiger partial charge in [-0.25, -0.2) is 4.79 Å². The monoisotopic (exact) mass is 263 g/mol. The molecule has 1 fully saturated rings. The third-order valence-corrected chi connectivity index (χ3v) is 3.55. The van der Waals surface area contributed by atoms with Crippen LogP contribution in [-0.4, -0.2) is 43.7 Å². The number of hydrogen-bond acceptors (Lipinski definition) is 4. The molecular formula is C14H21N3O2. The molecule has 0 radical (unpaired) electrons. The molecule has 0 atom stereocenters. The Morgan fingerprint density at radius 3 is 2.53 bits per heavy atom. The van der Waals surface area contributed by atoms with Gasteiger partial charge in [-0.05, 0) is 37.2 Å². The van der Waals surface area contributed by atoms with E-state index in [9.17, 15) is 4.79 Å². The first-order valence-corrected chi connectivity index (χ1v) is 6.65. The van der Waals surface area contributed by atoms with E-state index in [4.69, 9.17) is 10.5 Å². The number of anilines is 1. The fourth-order valence-corrected chi connectivity index (χ4v) is 2.38. The summed E-state index contributed by atoms with van der Waals surface area (Å²) in [6, 6.07) is 5.83. The first-order valence-electron chi connectivity index (χ1n) is 6.65. The summed E-state index contributed by atoms with van der Waals surface area (Å²) in [5, 5.41) is 0. The zero-order valence-corrected chi connectivity index (χ0v) is 11.6. The Bertz CT molecular complexity index is 454. The molecule has 1 saturated heterocycles. The fraction of sp³-hybridized carbons (Fsp3) is 0.500. The Morgan fingerprint density at radius 2 is 2.00 bits per heavy atom. The molecule has 1 heterocycles. The molecule has 0 spiro atoms. The summed E-state index contributed by atoms with van der Waals surface area (Å²) in [6.07, 6.45) is -0.771. The maximum atomic E-state index is 10.8. The van der Waals surface area contributed by atoms with Crippen molar-refractivity contribution < 1.29 is 9.53 Å². The molecule has 0 bridgehead atoms. The van der Waals surface area contributed by atoms with Gasteiger partial charge in [0.1, 0.15) is 5.75 Å². The molecule has 0 unspecified atom stereocenters. The van der Waals surface area contributed by atoms with Gasteiger partial charge < -0.3 is 20.3 Å². The number of primary amides is 1. The van der Waals surface area contributed by atoms with E-state index in [1.807, 2.05) is 25.1 Å². The zero-order valence-electron chi connectivity index (χ0n) is 11.6. The number of rotatable bonds is 3. The lowest BCUT2D eigenvalue weighted by Gasteiger charge is -2.35. The standard InChI is InChI=1S/C14H21N3O2/c1-3-16-6-8-17(9-7-16)12-4-5-13(11(2)10-12)19-14(15)18/h4-5,10H,3,6-9H2,1-2H3,(H2,15,18). The minimum Gasteiger partial charge on any atom is -0.410 e. The van der Waals surface area contributed by atoms with Crippen LogP contribution in [0.25, 0.3) is 0 Å². The van der Waals surface area contributed by atoms with E-state index < -0.39 is 6.09 Å². The third-order valence-electron chi connectivity index (χ3n) is 3.55. The van der Waals surface area contributed by atoms with Gasteiger partial charge in [0.15, 0.2) is 0 Å². The SMILES string of the molecule is CCN1CCN(c2ccc(OC(N)=O)c(C)c2)CC1. The van der Waals surface area contributed by atoms with Crippen molar-refractivity contribution in [2.75, 3.05) is 37.6 Å². The lowest BCUT2D eigenvalue weighted by Crippen LogP contribution is -2.46. The van der Waals surface area contributed by atoms with Crippen molar-refractivity contribution in [2.24, 2.45) is 5.73 Å². The van der Waals surface area contributed by atoms with Gasteiger partial charge in [0.2, 0.25) is 0 Å². The Morgan fingerprint density at radius 1 is 1.32 bits per heavy atom. The lowest BCUT2D eigenvalue weighted by atomic mass is 10.1. The number of carbonyl (C=O) groups excluding carboxylic acids is 1. The highest BCUT2D eigenvalue weighted by Crippen LogP contribution is 2.25. The minimum absolute atomic E-state index is 0.531. The van der Waals surface area contributed by atoms with Crippen molar-refractivity contribution in [3.05, 3.63) is 23.8 Å². The summed E-state index contributed by atoms with van der Waals surface area (Å²) in [5.74, 6) is 0.531.